The van der Waals surface area contributed by atoms with Gasteiger partial charge in [-0.15, -0.1) is 0 Å². The van der Waals surface area contributed by atoms with Crippen molar-refractivity contribution in [3.63, 3.8) is 0 Å². The molecule has 1 aromatic carbocycles. The summed E-state index contributed by atoms with van der Waals surface area (Å²) >= 11 is 0. The second kappa shape index (κ2) is 9.64. The molecule has 0 spiro atoms. The van der Waals surface area contributed by atoms with Gasteiger partial charge in [0.25, 0.3) is 0 Å². The molecule has 2 N–H and O–H groups in total. The van der Waals surface area contributed by atoms with Gasteiger partial charge in [-0.25, -0.2) is 4.79 Å². The lowest BCUT2D eigenvalue weighted by atomic mass is 10.2. The molecule has 2 aromatic rings. The molecule has 1 heterocycles. The van der Waals surface area contributed by atoms with E-state index in [1.54, 1.807) is 26.2 Å². The van der Waals surface area contributed by atoms with Crippen LogP contribution in [0.3, 0.4) is 0 Å². The number of benzene rings is 1. The fourth-order valence-corrected chi connectivity index (χ4v) is 2.81. The van der Waals surface area contributed by atoms with Crippen molar-refractivity contribution in [3.8, 4) is 0 Å². The molecule has 0 aliphatic heterocycles. The molecule has 2 rings (SSSR count). The van der Waals surface area contributed by atoms with E-state index in [-0.39, 0.29) is 25.5 Å². The summed E-state index contributed by atoms with van der Waals surface area (Å²) in [5, 5.41) is 6.21. The highest BCUT2D eigenvalue weighted by Crippen LogP contribution is 2.21. The SMILES string of the molecule is CN(CCCNC(=O)Nc1ccc2c(ccn2CC(=O)N(C)C)c1)CC(F)(F)F. The average molecular weight is 413 g/mol. The number of likely N-dealkylation sites (N-methyl/N-ethyl adjacent to an activating group) is 1. The molecule has 3 amide bonds. The number of halogens is 3. The van der Waals surface area contributed by atoms with Crippen LogP contribution in [-0.2, 0) is 11.3 Å². The lowest BCUT2D eigenvalue weighted by Gasteiger charge is -2.18. The summed E-state index contributed by atoms with van der Waals surface area (Å²) in [6.07, 6.45) is -2.01. The van der Waals surface area contributed by atoms with Crippen LogP contribution in [0.1, 0.15) is 6.42 Å². The van der Waals surface area contributed by atoms with E-state index in [0.29, 0.717) is 12.1 Å². The number of anilines is 1. The first kappa shape index (κ1) is 22.5. The van der Waals surface area contributed by atoms with Gasteiger partial charge in [-0.1, -0.05) is 0 Å². The van der Waals surface area contributed by atoms with Crippen molar-refractivity contribution < 1.29 is 22.8 Å². The van der Waals surface area contributed by atoms with Crippen LogP contribution in [0.4, 0.5) is 23.7 Å². The van der Waals surface area contributed by atoms with Crippen molar-refractivity contribution >= 4 is 28.5 Å². The van der Waals surface area contributed by atoms with Crippen LogP contribution >= 0.6 is 0 Å². The average Bonchev–Trinajstić information content (AvgIpc) is 2.99. The van der Waals surface area contributed by atoms with Gasteiger partial charge in [-0.05, 0) is 44.3 Å². The Morgan fingerprint density at radius 1 is 1.14 bits per heavy atom. The van der Waals surface area contributed by atoms with Gasteiger partial charge >= 0.3 is 12.2 Å². The summed E-state index contributed by atoms with van der Waals surface area (Å²) in [6.45, 7) is -0.254. The third-order valence-electron chi connectivity index (χ3n) is 4.28. The fraction of sp³-hybridized carbons (Fsp3) is 0.474. The van der Waals surface area contributed by atoms with Crippen LogP contribution in [-0.4, -0.2) is 73.3 Å². The number of urea groups is 1. The Morgan fingerprint density at radius 2 is 1.86 bits per heavy atom. The maximum atomic E-state index is 12.3. The topological polar surface area (TPSA) is 69.6 Å². The first-order chi connectivity index (χ1) is 13.5. The molecule has 29 heavy (non-hydrogen) atoms. The van der Waals surface area contributed by atoms with Crippen molar-refractivity contribution in [1.29, 1.82) is 0 Å². The number of fused-ring (bicyclic) bond motifs is 1. The van der Waals surface area contributed by atoms with Gasteiger partial charge in [-0.3, -0.25) is 9.69 Å². The van der Waals surface area contributed by atoms with Gasteiger partial charge in [0.15, 0.2) is 0 Å². The summed E-state index contributed by atoms with van der Waals surface area (Å²) in [4.78, 5) is 26.5. The van der Waals surface area contributed by atoms with E-state index in [1.807, 2.05) is 22.9 Å². The molecule has 7 nitrogen and oxygen atoms in total. The third kappa shape index (κ3) is 7.30. The number of rotatable bonds is 8. The number of amides is 3. The third-order valence-corrected chi connectivity index (χ3v) is 4.28. The quantitative estimate of drug-likeness (QED) is 0.654. The number of hydrogen-bond donors (Lipinski definition) is 2. The van der Waals surface area contributed by atoms with Gasteiger partial charge in [0, 0.05) is 43.4 Å². The molecule has 160 valence electrons. The van der Waals surface area contributed by atoms with E-state index in [9.17, 15) is 22.8 Å². The minimum atomic E-state index is -4.23. The molecule has 0 aliphatic carbocycles. The second-order valence-corrected chi connectivity index (χ2v) is 7.09. The highest BCUT2D eigenvalue weighted by atomic mass is 19.4. The molecule has 0 radical (unpaired) electrons. The Bertz CT molecular complexity index is 848. The van der Waals surface area contributed by atoms with Crippen molar-refractivity contribution in [2.75, 3.05) is 46.1 Å². The van der Waals surface area contributed by atoms with E-state index in [2.05, 4.69) is 10.6 Å². The normalized spacial score (nSPS) is 11.7. The van der Waals surface area contributed by atoms with Crippen LogP contribution in [0, 0.1) is 0 Å². The van der Waals surface area contributed by atoms with Crippen LogP contribution in [0.5, 0.6) is 0 Å². The zero-order valence-corrected chi connectivity index (χ0v) is 16.7. The predicted octanol–water partition coefficient (Wildman–Crippen LogP) is 2.74. The maximum Gasteiger partial charge on any atom is 0.401 e. The van der Waals surface area contributed by atoms with Crippen LogP contribution < -0.4 is 10.6 Å². The van der Waals surface area contributed by atoms with Gasteiger partial charge < -0.3 is 20.1 Å². The van der Waals surface area contributed by atoms with E-state index < -0.39 is 18.8 Å². The number of carbonyl (C=O) groups excluding carboxylic acids is 2. The molecule has 0 fully saturated rings. The largest absolute Gasteiger partial charge is 0.401 e. The van der Waals surface area contributed by atoms with Gasteiger partial charge in [0.05, 0.1) is 6.54 Å². The first-order valence-corrected chi connectivity index (χ1v) is 9.14. The van der Waals surface area contributed by atoms with Gasteiger partial charge in [0.2, 0.25) is 5.91 Å². The molecule has 0 aliphatic rings. The van der Waals surface area contributed by atoms with Crippen molar-refractivity contribution in [3.05, 3.63) is 30.5 Å². The van der Waals surface area contributed by atoms with E-state index >= 15 is 0 Å². The molecule has 0 bridgehead atoms. The fourth-order valence-electron chi connectivity index (χ4n) is 2.81. The second-order valence-electron chi connectivity index (χ2n) is 7.09. The Hall–Kier alpha value is -2.75. The van der Waals surface area contributed by atoms with Crippen LogP contribution in [0.25, 0.3) is 10.9 Å². The van der Waals surface area contributed by atoms with Crippen molar-refractivity contribution in [2.24, 2.45) is 0 Å². The molecule has 0 unspecified atom stereocenters. The summed E-state index contributed by atoms with van der Waals surface area (Å²) < 4.78 is 38.6. The summed E-state index contributed by atoms with van der Waals surface area (Å²) in [5.74, 6) is -0.0232. The molecule has 10 heteroatoms. The molecule has 1 aromatic heterocycles. The van der Waals surface area contributed by atoms with Crippen molar-refractivity contribution in [2.45, 2.75) is 19.1 Å². The number of aromatic nitrogens is 1. The number of carbonyl (C=O) groups is 2. The lowest BCUT2D eigenvalue weighted by Crippen LogP contribution is -2.34. The predicted molar refractivity (Wildman–Crippen MR) is 106 cm³/mol. The summed E-state index contributed by atoms with van der Waals surface area (Å²) in [5.41, 5.74) is 1.46. The van der Waals surface area contributed by atoms with E-state index in [4.69, 9.17) is 0 Å². The van der Waals surface area contributed by atoms with Crippen LogP contribution in [0.2, 0.25) is 0 Å². The maximum absolute atomic E-state index is 12.3. The molecular formula is C19H26F3N5O2. The van der Waals surface area contributed by atoms with E-state index in [0.717, 1.165) is 10.9 Å². The molecule has 0 saturated carbocycles. The smallest absolute Gasteiger partial charge is 0.347 e. The Balaban J connectivity index is 1.82. The van der Waals surface area contributed by atoms with Crippen molar-refractivity contribution in [1.82, 2.24) is 19.7 Å². The van der Waals surface area contributed by atoms with Crippen LogP contribution in [0.15, 0.2) is 30.5 Å². The monoisotopic (exact) mass is 413 g/mol. The standard InChI is InChI=1S/C19H26F3N5O2/c1-25(2)17(28)12-27-10-7-14-11-15(5-6-16(14)27)24-18(29)23-8-4-9-26(3)13-19(20,21)22/h5-7,10-11H,4,8-9,12-13H2,1-3H3,(H2,23,24,29). The number of alkyl halides is 3. The Morgan fingerprint density at radius 3 is 2.52 bits per heavy atom. The number of nitrogens with zero attached hydrogens (tertiary/aromatic N) is 3. The molecule has 0 atom stereocenters. The van der Waals surface area contributed by atoms with Gasteiger partial charge in [-0.2, -0.15) is 13.2 Å². The summed E-state index contributed by atoms with van der Waals surface area (Å²) in [6, 6.07) is 6.78. The highest BCUT2D eigenvalue weighted by Gasteiger charge is 2.28. The molecular weight excluding hydrogens is 387 g/mol. The first-order valence-electron chi connectivity index (χ1n) is 9.14. The Labute approximate surface area is 167 Å². The van der Waals surface area contributed by atoms with Gasteiger partial charge in [0.1, 0.15) is 6.54 Å². The Kier molecular flexibility index (Phi) is 7.49. The lowest BCUT2D eigenvalue weighted by molar-refractivity contribution is -0.143. The number of nitrogens with one attached hydrogen (secondary N) is 2. The minimum absolute atomic E-state index is 0.0232. The zero-order chi connectivity index (χ0) is 21.6. The zero-order valence-electron chi connectivity index (χ0n) is 16.7. The minimum Gasteiger partial charge on any atom is -0.347 e. The van der Waals surface area contributed by atoms with E-state index in [1.165, 1.54) is 16.8 Å². The highest BCUT2D eigenvalue weighted by molar-refractivity contribution is 5.93. The molecule has 0 saturated heterocycles. The summed E-state index contributed by atoms with van der Waals surface area (Å²) in [7, 11) is 4.78. The number of hydrogen-bond acceptors (Lipinski definition) is 3.